The van der Waals surface area contributed by atoms with E-state index < -0.39 is 10.0 Å². The molecule has 6 heteroatoms. The van der Waals surface area contributed by atoms with Crippen molar-refractivity contribution in [2.45, 2.75) is 23.8 Å². The highest BCUT2D eigenvalue weighted by molar-refractivity contribution is 7.89. The Balaban J connectivity index is 1.80. The van der Waals surface area contributed by atoms with Crippen molar-refractivity contribution in [2.24, 2.45) is 0 Å². The molecule has 0 bridgehead atoms. The van der Waals surface area contributed by atoms with Crippen LogP contribution in [-0.4, -0.2) is 14.5 Å². The Morgan fingerprint density at radius 2 is 1.71 bits per heavy atom. The number of halogens is 1. The van der Waals surface area contributed by atoms with Crippen LogP contribution in [0.25, 0.3) is 0 Å². The van der Waals surface area contributed by atoms with Gasteiger partial charge in [0.05, 0.1) is 15.6 Å². The summed E-state index contributed by atoms with van der Waals surface area (Å²) in [5, 5.41) is 0.349. The van der Waals surface area contributed by atoms with Crippen LogP contribution in [0.15, 0.2) is 47.4 Å². The van der Waals surface area contributed by atoms with Crippen molar-refractivity contribution in [2.75, 3.05) is 5.73 Å². The number of sulfonamides is 1. The van der Waals surface area contributed by atoms with Gasteiger partial charge in [0.2, 0.25) is 10.0 Å². The van der Waals surface area contributed by atoms with E-state index in [1.165, 1.54) is 29.3 Å². The van der Waals surface area contributed by atoms with Gasteiger partial charge in [0.25, 0.3) is 0 Å². The molecule has 4 nitrogen and oxygen atoms in total. The Bertz CT molecular complexity index is 765. The summed E-state index contributed by atoms with van der Waals surface area (Å²) in [6.45, 7) is 0. The van der Waals surface area contributed by atoms with Crippen molar-refractivity contribution in [1.29, 1.82) is 0 Å². The van der Waals surface area contributed by atoms with E-state index in [1.807, 2.05) is 24.3 Å². The van der Waals surface area contributed by atoms with Crippen molar-refractivity contribution < 1.29 is 8.42 Å². The third kappa shape index (κ3) is 2.90. The van der Waals surface area contributed by atoms with E-state index >= 15 is 0 Å². The van der Waals surface area contributed by atoms with Gasteiger partial charge in [0.1, 0.15) is 0 Å². The molecule has 0 saturated heterocycles. The lowest BCUT2D eigenvalue weighted by Gasteiger charge is -2.13. The topological polar surface area (TPSA) is 72.2 Å². The largest absolute Gasteiger partial charge is 0.397 e. The Labute approximate surface area is 129 Å². The maximum absolute atomic E-state index is 12.4. The molecule has 0 aromatic heterocycles. The molecule has 0 radical (unpaired) electrons. The predicted octanol–water partition coefficient (Wildman–Crippen LogP) is 2.37. The summed E-state index contributed by atoms with van der Waals surface area (Å²) >= 11 is 5.82. The standard InChI is InChI=1S/C15H15ClN2O2S/c16-14-6-5-13(9-15(14)17)21(19,20)18-12-7-10-3-1-2-4-11(10)8-12/h1-6,9,12,18H,7-8,17H2. The SMILES string of the molecule is Nc1cc(S(=O)(=O)NC2Cc3ccccc3C2)ccc1Cl. The summed E-state index contributed by atoms with van der Waals surface area (Å²) in [6.07, 6.45) is 1.41. The molecule has 21 heavy (non-hydrogen) atoms. The number of nitrogen functional groups attached to an aromatic ring is 1. The first kappa shape index (κ1) is 14.4. The number of rotatable bonds is 3. The van der Waals surface area contributed by atoms with Crippen LogP contribution in [-0.2, 0) is 22.9 Å². The molecule has 0 amide bonds. The summed E-state index contributed by atoms with van der Waals surface area (Å²) in [7, 11) is -3.59. The zero-order valence-corrected chi connectivity index (χ0v) is 12.8. The average molecular weight is 323 g/mol. The van der Waals surface area contributed by atoms with E-state index in [9.17, 15) is 8.42 Å². The van der Waals surface area contributed by atoms with Gasteiger partial charge in [-0.15, -0.1) is 0 Å². The fourth-order valence-corrected chi connectivity index (χ4v) is 4.01. The Morgan fingerprint density at radius 1 is 1.10 bits per heavy atom. The summed E-state index contributed by atoms with van der Waals surface area (Å²) in [5.41, 5.74) is 8.32. The second-order valence-corrected chi connectivity index (χ2v) is 7.30. The second-order valence-electron chi connectivity index (χ2n) is 5.18. The van der Waals surface area contributed by atoms with E-state index in [0.717, 1.165) is 0 Å². The normalized spacial score (nSPS) is 15.1. The van der Waals surface area contributed by atoms with E-state index in [-0.39, 0.29) is 16.6 Å². The third-order valence-electron chi connectivity index (χ3n) is 3.65. The minimum Gasteiger partial charge on any atom is -0.397 e. The van der Waals surface area contributed by atoms with E-state index in [1.54, 1.807) is 0 Å². The van der Waals surface area contributed by atoms with Gasteiger partial charge in [-0.1, -0.05) is 35.9 Å². The highest BCUT2D eigenvalue weighted by atomic mass is 35.5. The zero-order valence-electron chi connectivity index (χ0n) is 11.2. The van der Waals surface area contributed by atoms with Crippen LogP contribution < -0.4 is 10.5 Å². The molecule has 1 aliphatic rings. The van der Waals surface area contributed by atoms with E-state index in [2.05, 4.69) is 4.72 Å². The van der Waals surface area contributed by atoms with Gasteiger partial charge < -0.3 is 5.73 Å². The van der Waals surface area contributed by atoms with Gasteiger partial charge in [0.15, 0.2) is 0 Å². The Kier molecular flexibility index (Phi) is 3.65. The van der Waals surface area contributed by atoms with Gasteiger partial charge >= 0.3 is 0 Å². The van der Waals surface area contributed by atoms with Crippen molar-refractivity contribution in [3.63, 3.8) is 0 Å². The molecule has 110 valence electrons. The van der Waals surface area contributed by atoms with Crippen LogP contribution in [0.2, 0.25) is 5.02 Å². The molecule has 1 aliphatic carbocycles. The molecule has 0 aliphatic heterocycles. The third-order valence-corrected chi connectivity index (χ3v) is 5.51. The zero-order chi connectivity index (χ0) is 15.0. The van der Waals surface area contributed by atoms with E-state index in [4.69, 9.17) is 17.3 Å². The summed E-state index contributed by atoms with van der Waals surface area (Å²) in [6, 6.07) is 12.2. The number of anilines is 1. The number of nitrogens with two attached hydrogens (primary N) is 1. The minimum atomic E-state index is -3.59. The molecule has 2 aromatic carbocycles. The molecule has 0 spiro atoms. The van der Waals surface area contributed by atoms with Crippen LogP contribution in [0.5, 0.6) is 0 Å². The fraction of sp³-hybridized carbons (Fsp3) is 0.200. The molecule has 0 saturated carbocycles. The quantitative estimate of drug-likeness (QED) is 0.852. The van der Waals surface area contributed by atoms with Crippen LogP contribution in [0, 0.1) is 0 Å². The lowest BCUT2D eigenvalue weighted by Crippen LogP contribution is -2.35. The molecular formula is C15H15ClN2O2S. The number of fused-ring (bicyclic) bond motifs is 1. The molecule has 3 rings (SSSR count). The maximum atomic E-state index is 12.4. The summed E-state index contributed by atoms with van der Waals surface area (Å²) < 4.78 is 27.5. The number of hydrogen-bond acceptors (Lipinski definition) is 3. The molecule has 2 aromatic rings. The minimum absolute atomic E-state index is 0.121. The predicted molar refractivity (Wildman–Crippen MR) is 83.8 cm³/mol. The van der Waals surface area contributed by atoms with Gasteiger partial charge in [-0.2, -0.15) is 0 Å². The molecule has 0 heterocycles. The lowest BCUT2D eigenvalue weighted by molar-refractivity contribution is 0.555. The van der Waals surface area contributed by atoms with Crippen LogP contribution in [0.3, 0.4) is 0 Å². The second kappa shape index (κ2) is 5.33. The number of benzene rings is 2. The maximum Gasteiger partial charge on any atom is 0.240 e. The monoisotopic (exact) mass is 322 g/mol. The first-order chi connectivity index (χ1) is 9.95. The number of hydrogen-bond donors (Lipinski definition) is 2. The van der Waals surface area contributed by atoms with Crippen molar-refractivity contribution in [1.82, 2.24) is 4.72 Å². The molecule has 0 atom stereocenters. The Hall–Kier alpha value is -1.56. The average Bonchev–Trinajstić information content (AvgIpc) is 2.82. The summed E-state index contributed by atoms with van der Waals surface area (Å²) in [4.78, 5) is 0.139. The molecule has 3 N–H and O–H groups in total. The van der Waals surface area contributed by atoms with Crippen molar-refractivity contribution in [3.8, 4) is 0 Å². The van der Waals surface area contributed by atoms with Crippen LogP contribution >= 0.6 is 11.6 Å². The first-order valence-electron chi connectivity index (χ1n) is 6.60. The lowest BCUT2D eigenvalue weighted by atomic mass is 10.1. The highest BCUT2D eigenvalue weighted by Gasteiger charge is 2.26. The van der Waals surface area contributed by atoms with Gasteiger partial charge in [0, 0.05) is 6.04 Å². The van der Waals surface area contributed by atoms with Gasteiger partial charge in [-0.25, -0.2) is 13.1 Å². The molecular weight excluding hydrogens is 308 g/mol. The summed E-state index contributed by atoms with van der Waals surface area (Å²) in [5.74, 6) is 0. The number of nitrogens with one attached hydrogen (secondary N) is 1. The van der Waals surface area contributed by atoms with Crippen LogP contribution in [0.4, 0.5) is 5.69 Å². The smallest absolute Gasteiger partial charge is 0.240 e. The molecule has 0 unspecified atom stereocenters. The fourth-order valence-electron chi connectivity index (χ4n) is 2.62. The van der Waals surface area contributed by atoms with Gasteiger partial charge in [-0.05, 0) is 42.2 Å². The van der Waals surface area contributed by atoms with Gasteiger partial charge in [-0.3, -0.25) is 0 Å². The first-order valence-corrected chi connectivity index (χ1v) is 8.46. The molecule has 0 fully saturated rings. The van der Waals surface area contributed by atoms with E-state index in [0.29, 0.717) is 17.9 Å². The highest BCUT2D eigenvalue weighted by Crippen LogP contribution is 2.25. The van der Waals surface area contributed by atoms with Crippen molar-refractivity contribution >= 4 is 27.3 Å². The van der Waals surface area contributed by atoms with Crippen LogP contribution in [0.1, 0.15) is 11.1 Å². The van der Waals surface area contributed by atoms with Crippen molar-refractivity contribution in [3.05, 3.63) is 58.6 Å². The Morgan fingerprint density at radius 3 is 2.29 bits per heavy atom.